The van der Waals surface area contributed by atoms with Crippen LogP contribution in [0, 0.1) is 5.82 Å². The molecule has 0 saturated carbocycles. The number of nitrogens with zero attached hydrogens (tertiary/aromatic N) is 1. The lowest BCUT2D eigenvalue weighted by atomic mass is 10.2. The number of carbonyl (C=O) groups excluding carboxylic acids is 4. The van der Waals surface area contributed by atoms with E-state index in [1.807, 2.05) is 6.07 Å². The summed E-state index contributed by atoms with van der Waals surface area (Å²) >= 11 is 4.12. The van der Waals surface area contributed by atoms with Crippen molar-refractivity contribution in [3.8, 4) is 11.5 Å². The smallest absolute Gasteiger partial charge is 0.294 e. The number of anilines is 2. The molecule has 0 unspecified atom stereocenters. The fourth-order valence-electron chi connectivity index (χ4n) is 3.63. The molecule has 1 heterocycles. The number of para-hydroxylation sites is 1. The first-order valence-electron chi connectivity index (χ1n) is 12.0. The lowest BCUT2D eigenvalue weighted by Gasteiger charge is -2.15. The van der Waals surface area contributed by atoms with Crippen LogP contribution in [0.2, 0.25) is 0 Å². The van der Waals surface area contributed by atoms with Gasteiger partial charge in [-0.3, -0.25) is 24.1 Å². The maximum Gasteiger partial charge on any atom is 0.294 e. The normalized spacial score (nSPS) is 13.9. The molecule has 0 spiro atoms. The molecule has 0 radical (unpaired) electrons. The fraction of sp³-hybridized carbons (Fsp3) is 0.143. The van der Waals surface area contributed by atoms with Crippen LogP contribution in [0.5, 0.6) is 11.5 Å². The van der Waals surface area contributed by atoms with Crippen molar-refractivity contribution in [2.45, 2.75) is 6.92 Å². The van der Waals surface area contributed by atoms with Crippen molar-refractivity contribution in [1.29, 1.82) is 0 Å². The topological polar surface area (TPSA) is 114 Å². The molecule has 0 bridgehead atoms. The summed E-state index contributed by atoms with van der Waals surface area (Å²) in [6, 6.07) is 17.5. The molecular formula is C28H23BrFN3O6S. The van der Waals surface area contributed by atoms with Gasteiger partial charge in [-0.15, -0.1) is 0 Å². The zero-order valence-corrected chi connectivity index (χ0v) is 23.5. The molecule has 2 N–H and O–H groups in total. The Bertz CT molecular complexity index is 1480. The molecule has 0 aromatic heterocycles. The Hall–Kier alpha value is -4.16. The van der Waals surface area contributed by atoms with Crippen LogP contribution in [0.15, 0.2) is 76.1 Å². The second-order valence-electron chi connectivity index (χ2n) is 8.29. The van der Waals surface area contributed by atoms with Gasteiger partial charge in [0.25, 0.3) is 17.1 Å². The van der Waals surface area contributed by atoms with Crippen molar-refractivity contribution in [2.24, 2.45) is 0 Å². The number of rotatable bonds is 10. The zero-order valence-electron chi connectivity index (χ0n) is 21.1. The molecule has 206 valence electrons. The van der Waals surface area contributed by atoms with Gasteiger partial charge in [0.05, 0.1) is 16.0 Å². The van der Waals surface area contributed by atoms with Gasteiger partial charge in [0.2, 0.25) is 5.91 Å². The van der Waals surface area contributed by atoms with Gasteiger partial charge in [-0.1, -0.05) is 24.3 Å². The Kier molecular flexibility index (Phi) is 9.56. The van der Waals surface area contributed by atoms with Crippen molar-refractivity contribution < 1.29 is 33.0 Å². The predicted molar refractivity (Wildman–Crippen MR) is 154 cm³/mol. The van der Waals surface area contributed by atoms with E-state index >= 15 is 0 Å². The van der Waals surface area contributed by atoms with Gasteiger partial charge in [0.1, 0.15) is 12.4 Å². The highest BCUT2D eigenvalue weighted by Gasteiger charge is 2.36. The minimum absolute atomic E-state index is 0.105. The maximum atomic E-state index is 13.4. The van der Waals surface area contributed by atoms with Crippen molar-refractivity contribution in [2.75, 3.05) is 30.4 Å². The molecule has 4 rings (SSSR count). The first-order chi connectivity index (χ1) is 19.2. The quantitative estimate of drug-likeness (QED) is 0.278. The highest BCUT2D eigenvalue weighted by molar-refractivity contribution is 9.10. The van der Waals surface area contributed by atoms with E-state index in [4.69, 9.17) is 9.47 Å². The number of imide groups is 1. The van der Waals surface area contributed by atoms with E-state index in [9.17, 15) is 23.6 Å². The summed E-state index contributed by atoms with van der Waals surface area (Å²) in [6.07, 6.45) is 1.49. The highest BCUT2D eigenvalue weighted by Crippen LogP contribution is 2.39. The first kappa shape index (κ1) is 28.8. The molecule has 1 saturated heterocycles. The van der Waals surface area contributed by atoms with Gasteiger partial charge < -0.3 is 20.1 Å². The first-order valence-corrected chi connectivity index (χ1v) is 13.6. The van der Waals surface area contributed by atoms with Crippen molar-refractivity contribution in [3.63, 3.8) is 0 Å². The highest BCUT2D eigenvalue weighted by atomic mass is 79.9. The minimum Gasteiger partial charge on any atom is -0.490 e. The third kappa shape index (κ3) is 7.48. The third-order valence-electron chi connectivity index (χ3n) is 5.32. The van der Waals surface area contributed by atoms with Gasteiger partial charge in [-0.25, -0.2) is 4.39 Å². The molecule has 1 aliphatic heterocycles. The van der Waals surface area contributed by atoms with Gasteiger partial charge in [0.15, 0.2) is 18.1 Å². The fourth-order valence-corrected chi connectivity index (χ4v) is 5.04. The monoisotopic (exact) mass is 627 g/mol. The third-order valence-corrected chi connectivity index (χ3v) is 6.81. The van der Waals surface area contributed by atoms with E-state index in [1.165, 1.54) is 24.3 Å². The number of hydrogen-bond donors (Lipinski definition) is 2. The van der Waals surface area contributed by atoms with Crippen LogP contribution in [-0.2, 0) is 14.4 Å². The van der Waals surface area contributed by atoms with Crippen LogP contribution < -0.4 is 20.1 Å². The summed E-state index contributed by atoms with van der Waals surface area (Å²) in [7, 11) is 0. The molecule has 0 aliphatic carbocycles. The second-order valence-corrected chi connectivity index (χ2v) is 10.1. The largest absolute Gasteiger partial charge is 0.490 e. The van der Waals surface area contributed by atoms with E-state index in [0.29, 0.717) is 45.6 Å². The second kappa shape index (κ2) is 13.3. The van der Waals surface area contributed by atoms with Crippen LogP contribution in [0.3, 0.4) is 0 Å². The van der Waals surface area contributed by atoms with E-state index in [-0.39, 0.29) is 23.1 Å². The standard InChI is InChI=1S/C28H23BrFN3O6S/c1-2-38-22-12-17(11-21(29)26(22)39-16-25(35)31-19-8-4-3-5-9-19)13-23-27(36)33(28(37)40-23)15-24(34)32-20-10-6-7-18(30)14-20/h3-14H,2,15-16H2,1H3,(H,31,35)(H,32,34)/b23-13+. The SMILES string of the molecule is CCOc1cc(/C=C2/SC(=O)N(CC(=O)Nc3cccc(F)c3)C2=O)cc(Br)c1OCC(=O)Nc1ccccc1. The van der Waals surface area contributed by atoms with Gasteiger partial charge in [-0.2, -0.15) is 0 Å². The number of amides is 4. The molecule has 0 atom stereocenters. The van der Waals surface area contributed by atoms with Crippen molar-refractivity contribution in [1.82, 2.24) is 4.90 Å². The number of carbonyl (C=O) groups is 4. The molecule has 1 aliphatic rings. The maximum absolute atomic E-state index is 13.4. The van der Waals surface area contributed by atoms with Crippen LogP contribution >= 0.6 is 27.7 Å². The van der Waals surface area contributed by atoms with Crippen LogP contribution in [0.25, 0.3) is 6.08 Å². The molecule has 4 amide bonds. The van der Waals surface area contributed by atoms with Crippen LogP contribution in [-0.4, -0.2) is 47.6 Å². The van der Waals surface area contributed by atoms with E-state index in [2.05, 4.69) is 26.6 Å². The summed E-state index contributed by atoms with van der Waals surface area (Å²) in [5.41, 5.74) is 1.36. The summed E-state index contributed by atoms with van der Waals surface area (Å²) in [5, 5.41) is 4.59. The lowest BCUT2D eigenvalue weighted by Crippen LogP contribution is -2.36. The summed E-state index contributed by atoms with van der Waals surface area (Å²) in [5.74, 6) is -1.56. The van der Waals surface area contributed by atoms with E-state index in [1.54, 1.807) is 43.3 Å². The van der Waals surface area contributed by atoms with Crippen molar-refractivity contribution in [3.05, 3.63) is 87.5 Å². The Labute approximate surface area is 241 Å². The van der Waals surface area contributed by atoms with Crippen LogP contribution in [0.1, 0.15) is 12.5 Å². The average molecular weight is 628 g/mol. The van der Waals surface area contributed by atoms with E-state index in [0.717, 1.165) is 11.0 Å². The molecular weight excluding hydrogens is 605 g/mol. The lowest BCUT2D eigenvalue weighted by molar-refractivity contribution is -0.127. The predicted octanol–water partition coefficient (Wildman–Crippen LogP) is 5.68. The number of hydrogen-bond acceptors (Lipinski definition) is 7. The van der Waals surface area contributed by atoms with Gasteiger partial charge in [-0.05, 0) is 88.7 Å². The van der Waals surface area contributed by atoms with Gasteiger partial charge in [0, 0.05) is 11.4 Å². The number of thioether (sulfide) groups is 1. The molecule has 12 heteroatoms. The minimum atomic E-state index is -0.645. The molecule has 1 fully saturated rings. The summed E-state index contributed by atoms with van der Waals surface area (Å²) in [4.78, 5) is 51.0. The Morgan fingerprint density at radius 1 is 0.975 bits per heavy atom. The van der Waals surface area contributed by atoms with E-state index < -0.39 is 29.4 Å². The molecule has 3 aromatic rings. The number of ether oxygens (including phenoxy) is 2. The Balaban J connectivity index is 1.45. The molecule has 40 heavy (non-hydrogen) atoms. The average Bonchev–Trinajstić information content (AvgIpc) is 3.16. The number of benzene rings is 3. The number of halogens is 2. The van der Waals surface area contributed by atoms with Crippen LogP contribution in [0.4, 0.5) is 20.6 Å². The molecule has 9 nitrogen and oxygen atoms in total. The van der Waals surface area contributed by atoms with Crippen molar-refractivity contribution >= 4 is 68.1 Å². The Morgan fingerprint density at radius 2 is 1.70 bits per heavy atom. The molecule has 3 aromatic carbocycles. The summed E-state index contributed by atoms with van der Waals surface area (Å²) < 4.78 is 25.3. The number of nitrogens with one attached hydrogen (secondary N) is 2. The summed E-state index contributed by atoms with van der Waals surface area (Å²) in [6.45, 7) is 1.29. The Morgan fingerprint density at radius 3 is 2.42 bits per heavy atom. The zero-order chi connectivity index (χ0) is 28.6. The van der Waals surface area contributed by atoms with Gasteiger partial charge >= 0.3 is 0 Å².